The number of fused-ring (bicyclic) bond motifs is 9. The fourth-order valence-electron chi connectivity index (χ4n) is 8.21. The summed E-state index contributed by atoms with van der Waals surface area (Å²) in [4.78, 5) is 12.5. The van der Waals surface area contributed by atoms with Crippen molar-refractivity contribution in [3.8, 4) is 62.2 Å². The average Bonchev–Trinajstić information content (AvgIpc) is 3.52. The van der Waals surface area contributed by atoms with Crippen molar-refractivity contribution in [3.63, 3.8) is 0 Å². The third-order valence-electron chi connectivity index (χ3n) is 10.4. The van der Waals surface area contributed by atoms with Crippen LogP contribution in [-0.2, 0) is 5.41 Å². The number of nitrogens with zero attached hydrogens (tertiary/aromatic N) is 3. The molecular weight excluding hydrogens is 651 g/mol. The van der Waals surface area contributed by atoms with E-state index in [0.29, 0.717) is 11.4 Å². The van der Waals surface area contributed by atoms with Crippen LogP contribution >= 0.6 is 11.8 Å². The molecule has 8 aromatic rings. The van der Waals surface area contributed by atoms with Gasteiger partial charge in [-0.2, -0.15) is 5.26 Å². The highest BCUT2D eigenvalue weighted by Crippen LogP contribution is 2.63. The van der Waals surface area contributed by atoms with Crippen LogP contribution in [0.4, 0.5) is 0 Å². The largest absolute Gasteiger partial charge is 0.228 e. The fraction of sp³-hybridized carbons (Fsp3) is 0.0208. The first-order valence-corrected chi connectivity index (χ1v) is 18.2. The second-order valence-corrected chi connectivity index (χ2v) is 14.3. The van der Waals surface area contributed by atoms with E-state index in [-0.39, 0.29) is 0 Å². The molecule has 0 bridgehead atoms. The van der Waals surface area contributed by atoms with Crippen molar-refractivity contribution in [2.75, 3.05) is 0 Å². The molecule has 0 N–H and O–H groups in total. The monoisotopic (exact) mass is 679 g/mol. The maximum absolute atomic E-state index is 10.6. The van der Waals surface area contributed by atoms with E-state index in [9.17, 15) is 5.26 Å². The Bertz CT molecular complexity index is 2610. The molecule has 7 aromatic carbocycles. The number of hydrogen-bond donors (Lipinski definition) is 0. The lowest BCUT2D eigenvalue weighted by molar-refractivity contribution is 0.722. The number of benzene rings is 7. The van der Waals surface area contributed by atoms with Crippen LogP contribution in [0.25, 0.3) is 56.2 Å². The summed E-state index contributed by atoms with van der Waals surface area (Å²) < 4.78 is 0. The van der Waals surface area contributed by atoms with Crippen LogP contribution in [0.15, 0.2) is 186 Å². The van der Waals surface area contributed by atoms with E-state index in [4.69, 9.17) is 9.97 Å². The molecule has 10 rings (SSSR count). The Morgan fingerprint density at radius 2 is 0.942 bits per heavy atom. The van der Waals surface area contributed by atoms with Gasteiger partial charge in [0.1, 0.15) is 0 Å². The first-order valence-electron chi connectivity index (χ1n) is 17.4. The Hall–Kier alpha value is -6.54. The second-order valence-electron chi connectivity index (χ2n) is 13.2. The highest BCUT2D eigenvalue weighted by Gasteiger charge is 2.51. The van der Waals surface area contributed by atoms with Gasteiger partial charge >= 0.3 is 0 Å². The average molecular weight is 680 g/mol. The molecule has 0 fully saturated rings. The maximum Gasteiger partial charge on any atom is 0.160 e. The van der Waals surface area contributed by atoms with Crippen LogP contribution in [0.3, 0.4) is 0 Å². The summed E-state index contributed by atoms with van der Waals surface area (Å²) in [5, 5.41) is 10.6. The maximum atomic E-state index is 10.6. The van der Waals surface area contributed by atoms with Gasteiger partial charge in [0.05, 0.1) is 28.4 Å². The normalized spacial score (nSPS) is 13.1. The molecule has 0 radical (unpaired) electrons. The molecular formula is C48H29N3S. The highest BCUT2D eigenvalue weighted by atomic mass is 32.2. The zero-order valence-electron chi connectivity index (χ0n) is 28.0. The molecule has 0 atom stereocenters. The van der Waals surface area contributed by atoms with Crippen molar-refractivity contribution < 1.29 is 0 Å². The Labute approximate surface area is 307 Å². The number of aromatic nitrogens is 2. The van der Waals surface area contributed by atoms with Crippen LogP contribution in [0, 0.1) is 11.3 Å². The predicted octanol–water partition coefficient (Wildman–Crippen LogP) is 11.8. The molecule has 1 aliphatic heterocycles. The van der Waals surface area contributed by atoms with Crippen LogP contribution in [0.5, 0.6) is 0 Å². The van der Waals surface area contributed by atoms with Gasteiger partial charge < -0.3 is 0 Å². The van der Waals surface area contributed by atoms with Gasteiger partial charge in [-0.3, -0.25) is 0 Å². The summed E-state index contributed by atoms with van der Waals surface area (Å²) in [5.41, 5.74) is 14.1. The van der Waals surface area contributed by atoms with E-state index < -0.39 is 5.41 Å². The Kier molecular flexibility index (Phi) is 7.02. The van der Waals surface area contributed by atoms with Crippen molar-refractivity contribution in [2.24, 2.45) is 0 Å². The zero-order valence-corrected chi connectivity index (χ0v) is 28.8. The third kappa shape index (κ3) is 4.53. The van der Waals surface area contributed by atoms with Crippen LogP contribution in [0.2, 0.25) is 0 Å². The lowest BCUT2D eigenvalue weighted by atomic mass is 9.67. The van der Waals surface area contributed by atoms with Gasteiger partial charge in [-0.1, -0.05) is 163 Å². The van der Waals surface area contributed by atoms with Gasteiger partial charge in [-0.05, 0) is 63.2 Å². The number of hydrogen-bond acceptors (Lipinski definition) is 4. The lowest BCUT2D eigenvalue weighted by Gasteiger charge is -2.39. The molecule has 242 valence electrons. The van der Waals surface area contributed by atoms with Crippen LogP contribution in [-0.4, -0.2) is 9.97 Å². The molecule has 52 heavy (non-hydrogen) atoms. The van der Waals surface area contributed by atoms with E-state index in [0.717, 1.165) is 55.9 Å². The van der Waals surface area contributed by atoms with Crippen molar-refractivity contribution in [1.29, 1.82) is 5.26 Å². The molecule has 0 saturated carbocycles. The quantitative estimate of drug-likeness (QED) is 0.186. The summed E-state index contributed by atoms with van der Waals surface area (Å²) in [6.07, 6.45) is 0. The van der Waals surface area contributed by atoms with E-state index in [2.05, 4.69) is 133 Å². The number of nitriles is 1. The van der Waals surface area contributed by atoms with Gasteiger partial charge in [0.15, 0.2) is 5.82 Å². The summed E-state index contributed by atoms with van der Waals surface area (Å²) in [5.74, 6) is 0.694. The molecule has 1 spiro atoms. The molecule has 2 aliphatic rings. The molecule has 0 amide bonds. The van der Waals surface area contributed by atoms with Crippen molar-refractivity contribution in [3.05, 3.63) is 204 Å². The molecule has 2 heterocycles. The third-order valence-corrected chi connectivity index (χ3v) is 11.6. The second kappa shape index (κ2) is 12.1. The standard InChI is InChI=1S/C48H29N3S/c49-30-35-17-11-21-39-45(35)46-36(18-12-22-40(46)48(39)37-19-7-9-23-43(37)52-44-24-10-8-20-38(44)48)31-25-27-33(28-26-31)42-29-41(32-13-3-1-4-14-32)50-47(51-42)34-15-5-2-6-16-34/h1-29H. The van der Waals surface area contributed by atoms with Crippen molar-refractivity contribution in [2.45, 2.75) is 15.2 Å². The minimum absolute atomic E-state index is 0.547. The Morgan fingerprint density at radius 1 is 0.442 bits per heavy atom. The van der Waals surface area contributed by atoms with E-state index >= 15 is 0 Å². The molecule has 0 saturated heterocycles. The molecule has 1 aliphatic carbocycles. The van der Waals surface area contributed by atoms with Crippen molar-refractivity contribution >= 4 is 11.8 Å². The number of rotatable bonds is 4. The van der Waals surface area contributed by atoms with Gasteiger partial charge in [0.2, 0.25) is 0 Å². The minimum atomic E-state index is -0.547. The van der Waals surface area contributed by atoms with Crippen LogP contribution < -0.4 is 0 Å². The van der Waals surface area contributed by atoms with Gasteiger partial charge in [0, 0.05) is 32.0 Å². The van der Waals surface area contributed by atoms with E-state index in [1.165, 1.54) is 26.5 Å². The van der Waals surface area contributed by atoms with E-state index in [1.807, 2.05) is 60.3 Å². The van der Waals surface area contributed by atoms with Gasteiger partial charge in [0.25, 0.3) is 0 Å². The lowest BCUT2D eigenvalue weighted by Crippen LogP contribution is -2.31. The summed E-state index contributed by atoms with van der Waals surface area (Å²) in [6, 6.07) is 64.2. The fourth-order valence-corrected chi connectivity index (χ4v) is 9.40. The highest BCUT2D eigenvalue weighted by molar-refractivity contribution is 7.99. The minimum Gasteiger partial charge on any atom is -0.228 e. The first kappa shape index (κ1) is 30.3. The molecule has 4 heteroatoms. The summed E-state index contributed by atoms with van der Waals surface area (Å²) >= 11 is 1.83. The first-order chi connectivity index (χ1) is 25.7. The summed E-state index contributed by atoms with van der Waals surface area (Å²) in [7, 11) is 0. The smallest absolute Gasteiger partial charge is 0.160 e. The SMILES string of the molecule is N#Cc1cccc2c1-c1c(-c3ccc(-c4cc(-c5ccccc5)nc(-c5ccccc5)n4)cc3)cccc1C21c2ccccc2Sc2ccccc21. The van der Waals surface area contributed by atoms with Gasteiger partial charge in [-0.25, -0.2) is 9.97 Å². The van der Waals surface area contributed by atoms with E-state index in [1.54, 1.807) is 0 Å². The molecule has 0 unspecified atom stereocenters. The predicted molar refractivity (Wildman–Crippen MR) is 210 cm³/mol. The van der Waals surface area contributed by atoms with Gasteiger partial charge in [-0.15, -0.1) is 0 Å². The zero-order chi connectivity index (χ0) is 34.6. The Balaban J connectivity index is 1.17. The molecule has 3 nitrogen and oxygen atoms in total. The molecule has 1 aromatic heterocycles. The van der Waals surface area contributed by atoms with Crippen LogP contribution in [0.1, 0.15) is 27.8 Å². The van der Waals surface area contributed by atoms with Crippen molar-refractivity contribution in [1.82, 2.24) is 9.97 Å². The Morgan fingerprint density at radius 3 is 1.58 bits per heavy atom. The summed E-state index contributed by atoms with van der Waals surface area (Å²) in [6.45, 7) is 0. The topological polar surface area (TPSA) is 49.6 Å².